The van der Waals surface area contributed by atoms with Gasteiger partial charge in [-0.25, -0.2) is 0 Å². The standard InChI is InChI=1S/C15H16O2/c1-8-12(16)6-9-5-10-11(15(8,9)4)7-14(2,3)13(10)17/h5-6,11H,1,7H2,2-4H3. The molecular weight excluding hydrogens is 212 g/mol. The van der Waals surface area contributed by atoms with Crippen LogP contribution in [0.4, 0.5) is 0 Å². The van der Waals surface area contributed by atoms with E-state index in [2.05, 4.69) is 13.5 Å². The molecule has 0 heterocycles. The molecule has 0 N–H and O–H groups in total. The second-order valence-corrected chi connectivity index (χ2v) is 6.21. The number of Topliss-reactive ketones (excluding diaryl/α,β-unsaturated/α-hetero) is 1. The summed E-state index contributed by atoms with van der Waals surface area (Å²) in [5.41, 5.74) is 1.91. The van der Waals surface area contributed by atoms with Gasteiger partial charge in [-0.3, -0.25) is 9.59 Å². The molecule has 0 amide bonds. The molecule has 2 atom stereocenters. The molecule has 0 spiro atoms. The molecule has 0 aromatic rings. The lowest BCUT2D eigenvalue weighted by Gasteiger charge is -2.30. The van der Waals surface area contributed by atoms with Crippen molar-refractivity contribution in [3.05, 3.63) is 35.5 Å². The summed E-state index contributed by atoms with van der Waals surface area (Å²) in [6, 6.07) is 0. The zero-order valence-corrected chi connectivity index (χ0v) is 10.5. The van der Waals surface area contributed by atoms with Crippen LogP contribution in [0.1, 0.15) is 27.2 Å². The molecule has 17 heavy (non-hydrogen) atoms. The van der Waals surface area contributed by atoms with Crippen LogP contribution in [0.15, 0.2) is 35.5 Å². The van der Waals surface area contributed by atoms with Crippen LogP contribution in [0.25, 0.3) is 0 Å². The number of hydrogen-bond acceptors (Lipinski definition) is 2. The predicted octanol–water partition coefficient (Wildman–Crippen LogP) is 2.61. The molecule has 1 fully saturated rings. The summed E-state index contributed by atoms with van der Waals surface area (Å²) < 4.78 is 0. The quantitative estimate of drug-likeness (QED) is 0.597. The molecule has 0 aromatic carbocycles. The van der Waals surface area contributed by atoms with Crippen LogP contribution < -0.4 is 0 Å². The summed E-state index contributed by atoms with van der Waals surface area (Å²) in [5.74, 6) is 0.407. The SMILES string of the molecule is C=C1C(=O)C=C2C=C3C(=O)C(C)(C)CC3C12C. The molecular formula is C15H16O2. The molecule has 88 valence electrons. The average molecular weight is 228 g/mol. The van der Waals surface area contributed by atoms with Crippen LogP contribution in [-0.4, -0.2) is 11.6 Å². The van der Waals surface area contributed by atoms with Gasteiger partial charge in [0, 0.05) is 27.9 Å². The average Bonchev–Trinajstić information content (AvgIpc) is 2.71. The van der Waals surface area contributed by atoms with Crippen LogP contribution in [-0.2, 0) is 9.59 Å². The first-order chi connectivity index (χ1) is 7.78. The lowest BCUT2D eigenvalue weighted by atomic mass is 9.71. The van der Waals surface area contributed by atoms with Crippen molar-refractivity contribution in [1.82, 2.24) is 0 Å². The normalized spacial score (nSPS) is 38.1. The monoisotopic (exact) mass is 228 g/mol. The van der Waals surface area contributed by atoms with Gasteiger partial charge in [0.05, 0.1) is 0 Å². The molecule has 0 aliphatic heterocycles. The van der Waals surface area contributed by atoms with Crippen molar-refractivity contribution >= 4 is 11.6 Å². The first-order valence-electron chi connectivity index (χ1n) is 6.01. The van der Waals surface area contributed by atoms with Gasteiger partial charge in [-0.15, -0.1) is 0 Å². The Labute approximate surface area is 101 Å². The fourth-order valence-corrected chi connectivity index (χ4v) is 3.52. The maximum Gasteiger partial charge on any atom is 0.182 e. The van der Waals surface area contributed by atoms with Crippen LogP contribution in [0.5, 0.6) is 0 Å². The van der Waals surface area contributed by atoms with E-state index >= 15 is 0 Å². The number of carbonyl (C=O) groups excluding carboxylic acids is 2. The van der Waals surface area contributed by atoms with E-state index in [0.717, 1.165) is 17.6 Å². The number of carbonyl (C=O) groups is 2. The lowest BCUT2D eigenvalue weighted by molar-refractivity contribution is -0.121. The Kier molecular flexibility index (Phi) is 1.69. The first-order valence-corrected chi connectivity index (χ1v) is 6.01. The highest BCUT2D eigenvalue weighted by Gasteiger charge is 2.58. The molecule has 3 aliphatic carbocycles. The first kappa shape index (κ1) is 10.7. The van der Waals surface area contributed by atoms with Gasteiger partial charge in [0.25, 0.3) is 0 Å². The van der Waals surface area contributed by atoms with E-state index in [-0.39, 0.29) is 28.3 Å². The minimum absolute atomic E-state index is 0.0231. The Bertz CT molecular complexity index is 545. The van der Waals surface area contributed by atoms with Crippen molar-refractivity contribution in [2.24, 2.45) is 16.7 Å². The van der Waals surface area contributed by atoms with Crippen molar-refractivity contribution in [3.8, 4) is 0 Å². The van der Waals surface area contributed by atoms with E-state index in [1.165, 1.54) is 0 Å². The van der Waals surface area contributed by atoms with E-state index in [1.54, 1.807) is 6.08 Å². The molecule has 3 rings (SSSR count). The molecule has 2 nitrogen and oxygen atoms in total. The summed E-state index contributed by atoms with van der Waals surface area (Å²) in [7, 11) is 0. The molecule has 2 heteroatoms. The minimum Gasteiger partial charge on any atom is -0.294 e. The van der Waals surface area contributed by atoms with Gasteiger partial charge >= 0.3 is 0 Å². The van der Waals surface area contributed by atoms with Crippen molar-refractivity contribution in [1.29, 1.82) is 0 Å². The molecule has 1 saturated carbocycles. The Morgan fingerprint density at radius 1 is 1.24 bits per heavy atom. The van der Waals surface area contributed by atoms with Crippen molar-refractivity contribution < 1.29 is 9.59 Å². The Hall–Kier alpha value is -1.44. The van der Waals surface area contributed by atoms with Crippen molar-refractivity contribution in [2.45, 2.75) is 27.2 Å². The molecule has 3 aliphatic rings. The maximum absolute atomic E-state index is 12.3. The highest BCUT2D eigenvalue weighted by Crippen LogP contribution is 2.61. The van der Waals surface area contributed by atoms with Crippen LogP contribution in [0.2, 0.25) is 0 Å². The maximum atomic E-state index is 12.3. The number of allylic oxidation sites excluding steroid dienone is 5. The van der Waals surface area contributed by atoms with Gasteiger partial charge < -0.3 is 0 Å². The van der Waals surface area contributed by atoms with Gasteiger partial charge in [0.2, 0.25) is 0 Å². The number of rotatable bonds is 0. The van der Waals surface area contributed by atoms with Crippen molar-refractivity contribution in [2.75, 3.05) is 0 Å². The van der Waals surface area contributed by atoms with Crippen LogP contribution in [0, 0.1) is 16.7 Å². The third-order valence-corrected chi connectivity index (χ3v) is 4.79. The minimum atomic E-state index is -0.324. The third kappa shape index (κ3) is 1.02. The number of fused-ring (bicyclic) bond motifs is 3. The molecule has 0 radical (unpaired) electrons. The molecule has 0 bridgehead atoms. The fraction of sp³-hybridized carbons (Fsp3) is 0.467. The predicted molar refractivity (Wildman–Crippen MR) is 65.3 cm³/mol. The van der Waals surface area contributed by atoms with Gasteiger partial charge in [0.15, 0.2) is 11.6 Å². The zero-order valence-electron chi connectivity index (χ0n) is 10.5. The van der Waals surface area contributed by atoms with E-state index in [9.17, 15) is 9.59 Å². The highest BCUT2D eigenvalue weighted by molar-refractivity contribution is 6.12. The summed E-state index contributed by atoms with van der Waals surface area (Å²) in [6.07, 6.45) is 4.39. The van der Waals surface area contributed by atoms with Gasteiger partial charge in [-0.2, -0.15) is 0 Å². The molecule has 0 saturated heterocycles. The van der Waals surface area contributed by atoms with Crippen molar-refractivity contribution in [3.63, 3.8) is 0 Å². The summed E-state index contributed by atoms with van der Waals surface area (Å²) in [6.45, 7) is 9.96. The second kappa shape index (κ2) is 2.69. The van der Waals surface area contributed by atoms with Crippen LogP contribution in [0.3, 0.4) is 0 Å². The highest BCUT2D eigenvalue weighted by atomic mass is 16.1. The van der Waals surface area contributed by atoms with E-state index in [1.807, 2.05) is 19.9 Å². The fourth-order valence-electron chi connectivity index (χ4n) is 3.52. The zero-order chi connectivity index (χ0) is 12.6. The number of ketones is 2. The largest absolute Gasteiger partial charge is 0.294 e. The smallest absolute Gasteiger partial charge is 0.182 e. The lowest BCUT2D eigenvalue weighted by Crippen LogP contribution is -2.26. The van der Waals surface area contributed by atoms with E-state index in [4.69, 9.17) is 0 Å². The Morgan fingerprint density at radius 2 is 1.88 bits per heavy atom. The van der Waals surface area contributed by atoms with Gasteiger partial charge in [-0.1, -0.05) is 33.4 Å². The Balaban J connectivity index is 2.18. The van der Waals surface area contributed by atoms with Gasteiger partial charge in [0.1, 0.15) is 0 Å². The van der Waals surface area contributed by atoms with E-state index in [0.29, 0.717) is 5.57 Å². The van der Waals surface area contributed by atoms with Crippen LogP contribution >= 0.6 is 0 Å². The second-order valence-electron chi connectivity index (χ2n) is 6.21. The molecule has 0 aromatic heterocycles. The Morgan fingerprint density at radius 3 is 2.53 bits per heavy atom. The topological polar surface area (TPSA) is 34.1 Å². The summed E-state index contributed by atoms with van der Waals surface area (Å²) >= 11 is 0. The summed E-state index contributed by atoms with van der Waals surface area (Å²) in [4.78, 5) is 24.0. The number of hydrogen-bond donors (Lipinski definition) is 0. The van der Waals surface area contributed by atoms with E-state index < -0.39 is 0 Å². The van der Waals surface area contributed by atoms with Gasteiger partial charge in [-0.05, 0) is 18.1 Å². The summed E-state index contributed by atoms with van der Waals surface area (Å²) in [5, 5.41) is 0. The molecule has 2 unspecified atom stereocenters. The third-order valence-electron chi connectivity index (χ3n) is 4.79.